The predicted molar refractivity (Wildman–Crippen MR) is 73.6 cm³/mol. The first-order valence-corrected chi connectivity index (χ1v) is 7.09. The Morgan fingerprint density at radius 3 is 2.50 bits per heavy atom. The van der Waals surface area contributed by atoms with Gasteiger partial charge in [0.15, 0.2) is 0 Å². The van der Waals surface area contributed by atoms with Crippen molar-refractivity contribution in [2.24, 2.45) is 5.92 Å². The van der Waals surface area contributed by atoms with Crippen molar-refractivity contribution in [3.05, 3.63) is 35.1 Å². The zero-order chi connectivity index (χ0) is 18.1. The van der Waals surface area contributed by atoms with E-state index in [2.05, 4.69) is 4.74 Å². The van der Waals surface area contributed by atoms with Crippen LogP contribution in [0, 0.1) is 11.7 Å². The van der Waals surface area contributed by atoms with Gasteiger partial charge in [-0.25, -0.2) is 9.18 Å². The van der Waals surface area contributed by atoms with Crippen LogP contribution in [0.1, 0.15) is 30.0 Å². The SMILES string of the molecule is COC(=O)N1CCC(C(=O)O)CC1c1ccc(C(F)(F)F)cc1F. The fourth-order valence-corrected chi connectivity index (χ4v) is 2.79. The summed E-state index contributed by atoms with van der Waals surface area (Å²) in [4.78, 5) is 24.1. The number of benzene rings is 1. The summed E-state index contributed by atoms with van der Waals surface area (Å²) in [6, 6.07) is 0.978. The zero-order valence-electron chi connectivity index (χ0n) is 12.6. The van der Waals surface area contributed by atoms with E-state index < -0.39 is 41.6 Å². The molecule has 1 aromatic rings. The van der Waals surface area contributed by atoms with Gasteiger partial charge >= 0.3 is 18.2 Å². The Labute approximate surface area is 134 Å². The Kier molecular flexibility index (Phi) is 5.00. The van der Waals surface area contributed by atoms with E-state index in [1.165, 1.54) is 0 Å². The molecule has 1 aliphatic heterocycles. The third-order valence-electron chi connectivity index (χ3n) is 4.05. The largest absolute Gasteiger partial charge is 0.481 e. The second-order valence-corrected chi connectivity index (χ2v) is 5.47. The summed E-state index contributed by atoms with van der Waals surface area (Å²) in [6.07, 6.45) is -5.43. The second-order valence-electron chi connectivity index (χ2n) is 5.47. The van der Waals surface area contributed by atoms with E-state index in [0.717, 1.165) is 18.1 Å². The maximum atomic E-state index is 14.2. The van der Waals surface area contributed by atoms with Crippen LogP contribution < -0.4 is 0 Å². The highest BCUT2D eigenvalue weighted by molar-refractivity contribution is 5.72. The van der Waals surface area contributed by atoms with Crippen molar-refractivity contribution in [1.29, 1.82) is 0 Å². The number of carboxylic acid groups (broad SMARTS) is 1. The number of carboxylic acids is 1. The molecule has 9 heteroatoms. The minimum atomic E-state index is -4.70. The Hall–Kier alpha value is -2.32. The van der Waals surface area contributed by atoms with Crippen molar-refractivity contribution >= 4 is 12.1 Å². The molecule has 1 amide bonds. The molecule has 1 N–H and O–H groups in total. The molecule has 24 heavy (non-hydrogen) atoms. The van der Waals surface area contributed by atoms with Gasteiger partial charge in [-0.2, -0.15) is 13.2 Å². The quantitative estimate of drug-likeness (QED) is 0.831. The fraction of sp³-hybridized carbons (Fsp3) is 0.467. The molecule has 0 bridgehead atoms. The fourth-order valence-electron chi connectivity index (χ4n) is 2.79. The summed E-state index contributed by atoms with van der Waals surface area (Å²) in [7, 11) is 1.12. The van der Waals surface area contributed by atoms with Crippen LogP contribution >= 0.6 is 0 Å². The summed E-state index contributed by atoms with van der Waals surface area (Å²) in [5.74, 6) is -3.07. The van der Waals surface area contributed by atoms with E-state index in [0.29, 0.717) is 12.1 Å². The van der Waals surface area contributed by atoms with Crippen LogP contribution in [0.25, 0.3) is 0 Å². The third-order valence-corrected chi connectivity index (χ3v) is 4.05. The van der Waals surface area contributed by atoms with Gasteiger partial charge in [-0.3, -0.25) is 4.79 Å². The number of alkyl halides is 3. The van der Waals surface area contributed by atoms with Crippen molar-refractivity contribution in [3.63, 3.8) is 0 Å². The minimum Gasteiger partial charge on any atom is -0.481 e. The lowest BCUT2D eigenvalue weighted by molar-refractivity contribution is -0.144. The number of amides is 1. The highest BCUT2D eigenvalue weighted by atomic mass is 19.4. The van der Waals surface area contributed by atoms with Crippen LogP contribution in [0.4, 0.5) is 22.4 Å². The number of rotatable bonds is 2. The first-order chi connectivity index (χ1) is 11.1. The van der Waals surface area contributed by atoms with Gasteiger partial charge in [-0.15, -0.1) is 0 Å². The first kappa shape index (κ1) is 18.0. The molecule has 0 spiro atoms. The number of hydrogen-bond acceptors (Lipinski definition) is 3. The number of ether oxygens (including phenoxy) is 1. The lowest BCUT2D eigenvalue weighted by atomic mass is 9.87. The maximum absolute atomic E-state index is 14.2. The monoisotopic (exact) mass is 349 g/mol. The Morgan fingerprint density at radius 1 is 1.33 bits per heavy atom. The first-order valence-electron chi connectivity index (χ1n) is 7.09. The molecule has 2 atom stereocenters. The number of piperidine rings is 1. The minimum absolute atomic E-state index is 0.00870. The molecular formula is C15H15F4NO4. The van der Waals surface area contributed by atoms with Crippen LogP contribution in [0.3, 0.4) is 0 Å². The number of methoxy groups -OCH3 is 1. The Morgan fingerprint density at radius 2 is 2.00 bits per heavy atom. The van der Waals surface area contributed by atoms with Crippen molar-refractivity contribution in [3.8, 4) is 0 Å². The normalized spacial score (nSPS) is 21.5. The summed E-state index contributed by atoms with van der Waals surface area (Å²) in [5.41, 5.74) is -1.32. The number of nitrogens with zero attached hydrogens (tertiary/aromatic N) is 1. The van der Waals surface area contributed by atoms with Gasteiger partial charge in [0, 0.05) is 12.1 Å². The zero-order valence-corrected chi connectivity index (χ0v) is 12.6. The number of hydrogen-bond donors (Lipinski definition) is 1. The lowest BCUT2D eigenvalue weighted by Crippen LogP contribution is -2.43. The summed E-state index contributed by atoms with van der Waals surface area (Å²) < 4.78 is 56.7. The van der Waals surface area contributed by atoms with E-state index >= 15 is 0 Å². The molecule has 1 aromatic carbocycles. The number of halogens is 4. The molecule has 0 aliphatic carbocycles. The highest BCUT2D eigenvalue weighted by Gasteiger charge is 2.38. The number of carbonyl (C=O) groups is 2. The van der Waals surface area contributed by atoms with Crippen molar-refractivity contribution in [1.82, 2.24) is 4.90 Å². The molecular weight excluding hydrogens is 334 g/mol. The molecule has 1 saturated heterocycles. The van der Waals surface area contributed by atoms with Crippen LogP contribution in [0.2, 0.25) is 0 Å². The van der Waals surface area contributed by atoms with E-state index in [9.17, 15) is 27.2 Å². The smallest absolute Gasteiger partial charge is 0.416 e. The molecule has 1 aliphatic rings. The van der Waals surface area contributed by atoms with Gasteiger partial charge in [-0.05, 0) is 25.0 Å². The molecule has 1 fully saturated rings. The van der Waals surface area contributed by atoms with Crippen LogP contribution in [-0.4, -0.2) is 35.7 Å². The topological polar surface area (TPSA) is 66.8 Å². The van der Waals surface area contributed by atoms with E-state index in [4.69, 9.17) is 5.11 Å². The predicted octanol–water partition coefficient (Wildman–Crippen LogP) is 3.45. The molecule has 0 aromatic heterocycles. The molecule has 132 valence electrons. The van der Waals surface area contributed by atoms with Crippen molar-refractivity contribution < 1.29 is 37.0 Å². The van der Waals surface area contributed by atoms with Crippen molar-refractivity contribution in [2.45, 2.75) is 25.1 Å². The van der Waals surface area contributed by atoms with E-state index in [1.807, 2.05) is 0 Å². The van der Waals surface area contributed by atoms with Gasteiger partial charge in [0.05, 0.1) is 24.6 Å². The maximum Gasteiger partial charge on any atom is 0.416 e. The molecule has 1 heterocycles. The van der Waals surface area contributed by atoms with Gasteiger partial charge in [0.1, 0.15) is 5.82 Å². The van der Waals surface area contributed by atoms with Gasteiger partial charge < -0.3 is 14.7 Å². The standard InChI is InChI=1S/C15H15F4NO4/c1-24-14(23)20-5-4-8(13(21)22)6-12(20)10-3-2-9(7-11(10)16)15(17,18)19/h2-3,7-8,12H,4-6H2,1H3,(H,21,22). The highest BCUT2D eigenvalue weighted by Crippen LogP contribution is 2.38. The lowest BCUT2D eigenvalue weighted by Gasteiger charge is -2.37. The molecule has 0 radical (unpaired) electrons. The van der Waals surface area contributed by atoms with Crippen LogP contribution in [0.15, 0.2) is 18.2 Å². The molecule has 2 rings (SSSR count). The summed E-state index contributed by atoms with van der Waals surface area (Å²) in [5, 5.41) is 9.13. The van der Waals surface area contributed by atoms with Crippen LogP contribution in [-0.2, 0) is 15.7 Å². The average molecular weight is 349 g/mol. The average Bonchev–Trinajstić information content (AvgIpc) is 2.52. The van der Waals surface area contributed by atoms with Gasteiger partial charge in [-0.1, -0.05) is 6.07 Å². The molecule has 2 unspecified atom stereocenters. The van der Waals surface area contributed by atoms with E-state index in [1.54, 1.807) is 0 Å². The van der Waals surface area contributed by atoms with Crippen molar-refractivity contribution in [2.75, 3.05) is 13.7 Å². The summed E-state index contributed by atoms with van der Waals surface area (Å²) >= 11 is 0. The van der Waals surface area contributed by atoms with Gasteiger partial charge in [0.25, 0.3) is 0 Å². The number of aliphatic carboxylic acids is 1. The number of carbonyl (C=O) groups excluding carboxylic acids is 1. The van der Waals surface area contributed by atoms with E-state index in [-0.39, 0.29) is 24.9 Å². The molecule has 5 nitrogen and oxygen atoms in total. The Balaban J connectivity index is 2.40. The van der Waals surface area contributed by atoms with Crippen LogP contribution in [0.5, 0.6) is 0 Å². The molecule has 0 saturated carbocycles. The third kappa shape index (κ3) is 3.60. The Bertz CT molecular complexity index is 647. The number of likely N-dealkylation sites (tertiary alicyclic amines) is 1. The van der Waals surface area contributed by atoms with Gasteiger partial charge in [0.2, 0.25) is 0 Å². The second kappa shape index (κ2) is 6.66. The summed E-state index contributed by atoms with van der Waals surface area (Å²) in [6.45, 7) is 0.00870.